The number of pyridine rings is 1. The Morgan fingerprint density at radius 2 is 1.65 bits per heavy atom. The van der Waals surface area contributed by atoms with Crippen molar-refractivity contribution in [3.8, 4) is 5.75 Å². The number of nitrogens with zero attached hydrogens (tertiary/aromatic N) is 4. The minimum atomic E-state index is -1.62. The van der Waals surface area contributed by atoms with Gasteiger partial charge in [-0.15, -0.1) is 0 Å². The lowest BCUT2D eigenvalue weighted by Crippen LogP contribution is -2.60. The van der Waals surface area contributed by atoms with Gasteiger partial charge in [0.15, 0.2) is 5.82 Å². The molecule has 1 aliphatic heterocycles. The number of amides is 1. The fourth-order valence-corrected chi connectivity index (χ4v) is 7.27. The molecule has 2 aromatic heterocycles. The molecule has 10 N–H and O–H groups in total. The monoisotopic (exact) mass is 786 g/mol. The summed E-state index contributed by atoms with van der Waals surface area (Å²) in [5, 5.41) is 53.8. The molecule has 0 radical (unpaired) electrons. The first-order valence-corrected chi connectivity index (χ1v) is 19.0. The number of anilines is 2. The smallest absolute Gasteiger partial charge is 0.335 e. The largest absolute Gasteiger partial charge is 0.478 e. The number of benzene rings is 3. The van der Waals surface area contributed by atoms with Crippen molar-refractivity contribution in [3.05, 3.63) is 88.7 Å². The van der Waals surface area contributed by atoms with Crippen molar-refractivity contribution in [2.45, 2.75) is 82.9 Å². The molecule has 1 saturated heterocycles. The first kappa shape index (κ1) is 41.4. The molecule has 1 fully saturated rings. The Balaban J connectivity index is 1.21. The summed E-state index contributed by atoms with van der Waals surface area (Å²) >= 11 is 0. The number of carbonyl (C=O) groups is 2. The minimum Gasteiger partial charge on any atom is -0.478 e. The number of aliphatic hydroxyl groups excluding tert-OH is 4. The molecule has 5 atom stereocenters. The predicted molar refractivity (Wildman–Crippen MR) is 213 cm³/mol. The van der Waals surface area contributed by atoms with Crippen LogP contribution in [-0.2, 0) is 35.6 Å². The summed E-state index contributed by atoms with van der Waals surface area (Å²) in [4.78, 5) is 33.7. The molecule has 0 aliphatic carbocycles. The molecule has 0 bridgehead atoms. The zero-order valence-electron chi connectivity index (χ0n) is 32.3. The third-order valence-electron chi connectivity index (χ3n) is 10.1. The number of nitrogen functional groups attached to an aromatic ring is 1. The third-order valence-corrected chi connectivity index (χ3v) is 10.1. The Bertz CT molecular complexity index is 2220. The van der Waals surface area contributed by atoms with Gasteiger partial charge >= 0.3 is 5.97 Å². The number of fused-ring (bicyclic) bond motifs is 3. The number of hydrogen-bond acceptors (Lipinski definition) is 12. The SMILES string of the molecule is CCCCc1nc2c(N)nc3cc(C(=O)O)ccc3c2n1Cc1ccc(C[N+](C)(C)Cc2ccc(O[C@H]3O[C@H](CO)[C@@H](O)[C@H](O)[C@@H]3O)c(NC(=O)CCN)c2)cc1. The van der Waals surface area contributed by atoms with Crippen LogP contribution in [0, 0.1) is 0 Å². The number of ether oxygens (including phenoxy) is 2. The van der Waals surface area contributed by atoms with Gasteiger partial charge in [0.05, 0.1) is 43.0 Å². The number of nitrogens with one attached hydrogen (secondary N) is 1. The van der Waals surface area contributed by atoms with E-state index >= 15 is 0 Å². The average Bonchev–Trinajstić information content (AvgIpc) is 3.53. The number of aliphatic hydroxyl groups is 4. The van der Waals surface area contributed by atoms with Gasteiger partial charge in [-0.3, -0.25) is 4.79 Å². The molecule has 1 aliphatic rings. The summed E-state index contributed by atoms with van der Waals surface area (Å²) in [6.45, 7) is 3.42. The number of aromatic nitrogens is 3. The Morgan fingerprint density at radius 1 is 0.947 bits per heavy atom. The van der Waals surface area contributed by atoms with Crippen LogP contribution in [0.2, 0.25) is 0 Å². The van der Waals surface area contributed by atoms with Gasteiger partial charge in [-0.25, -0.2) is 14.8 Å². The molecule has 3 heterocycles. The lowest BCUT2D eigenvalue weighted by atomic mass is 9.99. The first-order chi connectivity index (χ1) is 27.2. The number of nitrogens with two attached hydrogens (primary N) is 2. The van der Waals surface area contributed by atoms with Crippen LogP contribution < -0.4 is 21.5 Å². The number of unbranched alkanes of at least 4 members (excludes halogenated alkanes) is 1. The molecule has 6 rings (SSSR count). The van der Waals surface area contributed by atoms with Gasteiger partial charge in [-0.2, -0.15) is 0 Å². The lowest BCUT2D eigenvalue weighted by molar-refractivity contribution is -0.916. The number of carboxylic acids is 1. The molecule has 3 aromatic carbocycles. The van der Waals surface area contributed by atoms with E-state index in [0.717, 1.165) is 52.7 Å². The van der Waals surface area contributed by atoms with Gasteiger partial charge in [-0.05, 0) is 48.4 Å². The Labute approximate surface area is 329 Å². The standard InChI is InChI=1S/C41H51N7O9/c1-4-5-6-32-46-34-35(27-13-12-26(40(54)55)18-28(27)45-39(34)43)47(32)19-23-7-9-24(10-8-23)20-48(2,3)21-25-11-14-30(29(17-25)44-33(50)15-16-42)56-41-38(53)37(52)36(51)31(22-49)57-41/h7-14,17-18,31,36-38,41,49,51-53H,4-6,15-16,19-22,42H2,1-3H3,(H3-,43,44,45,50,54,55)/p+1/t31-,36-,37+,38+,41+/m1/s1. The highest BCUT2D eigenvalue weighted by Gasteiger charge is 2.45. The van der Waals surface area contributed by atoms with Gasteiger partial charge < -0.3 is 60.8 Å². The molecule has 0 saturated carbocycles. The highest BCUT2D eigenvalue weighted by atomic mass is 16.7. The molecule has 0 spiro atoms. The summed E-state index contributed by atoms with van der Waals surface area (Å²) in [6.07, 6.45) is -4.61. The number of aromatic carboxylic acids is 1. The van der Waals surface area contributed by atoms with E-state index in [0.29, 0.717) is 40.8 Å². The molecular formula is C41H52N7O9+. The van der Waals surface area contributed by atoms with Gasteiger partial charge in [-0.1, -0.05) is 37.6 Å². The maximum Gasteiger partial charge on any atom is 0.335 e. The predicted octanol–water partition coefficient (Wildman–Crippen LogP) is 2.50. The summed E-state index contributed by atoms with van der Waals surface area (Å²) in [5.74, 6) is -0.0717. The maximum atomic E-state index is 12.6. The van der Waals surface area contributed by atoms with Crippen molar-refractivity contribution in [2.24, 2.45) is 5.73 Å². The van der Waals surface area contributed by atoms with Crippen LogP contribution in [0.25, 0.3) is 21.9 Å². The number of quaternary nitrogens is 1. The van der Waals surface area contributed by atoms with E-state index in [1.165, 1.54) is 6.07 Å². The van der Waals surface area contributed by atoms with E-state index in [4.69, 9.17) is 25.9 Å². The van der Waals surface area contributed by atoms with E-state index in [1.807, 2.05) is 6.07 Å². The van der Waals surface area contributed by atoms with E-state index < -0.39 is 43.3 Å². The van der Waals surface area contributed by atoms with Crippen molar-refractivity contribution in [3.63, 3.8) is 0 Å². The van der Waals surface area contributed by atoms with Crippen LogP contribution in [0.4, 0.5) is 11.5 Å². The molecule has 1 amide bonds. The Kier molecular flexibility index (Phi) is 12.7. The molecular weight excluding hydrogens is 734 g/mol. The van der Waals surface area contributed by atoms with Crippen LogP contribution in [0.5, 0.6) is 5.75 Å². The molecule has 16 nitrogen and oxygen atoms in total. The van der Waals surface area contributed by atoms with Crippen LogP contribution in [0.1, 0.15) is 59.1 Å². The zero-order valence-corrected chi connectivity index (χ0v) is 32.3. The van der Waals surface area contributed by atoms with E-state index in [9.17, 15) is 35.1 Å². The Hall–Kier alpha value is -5.20. The van der Waals surface area contributed by atoms with E-state index in [2.05, 4.69) is 60.2 Å². The molecule has 0 unspecified atom stereocenters. The summed E-state index contributed by atoms with van der Waals surface area (Å²) in [6, 6.07) is 18.5. The number of imidazole rings is 1. The topological polar surface area (TPSA) is 249 Å². The van der Waals surface area contributed by atoms with E-state index in [1.54, 1.807) is 24.3 Å². The van der Waals surface area contributed by atoms with Crippen molar-refractivity contribution in [2.75, 3.05) is 38.3 Å². The summed E-state index contributed by atoms with van der Waals surface area (Å²) in [7, 11) is 4.19. The lowest BCUT2D eigenvalue weighted by Gasteiger charge is -2.39. The summed E-state index contributed by atoms with van der Waals surface area (Å²) < 4.78 is 14.1. The fraction of sp³-hybridized carbons (Fsp3) is 0.415. The highest BCUT2D eigenvalue weighted by molar-refractivity contribution is 6.08. The van der Waals surface area contributed by atoms with Crippen LogP contribution in [0.3, 0.4) is 0 Å². The second-order valence-electron chi connectivity index (χ2n) is 15.3. The van der Waals surface area contributed by atoms with Gasteiger partial charge in [0.25, 0.3) is 0 Å². The zero-order chi connectivity index (χ0) is 41.0. The van der Waals surface area contributed by atoms with Crippen molar-refractivity contribution in [1.29, 1.82) is 0 Å². The fourth-order valence-electron chi connectivity index (χ4n) is 7.27. The second-order valence-corrected chi connectivity index (χ2v) is 15.3. The normalized spacial score (nSPS) is 19.9. The first-order valence-electron chi connectivity index (χ1n) is 19.0. The average molecular weight is 787 g/mol. The number of rotatable bonds is 16. The van der Waals surface area contributed by atoms with E-state index in [-0.39, 0.29) is 36.0 Å². The quantitative estimate of drug-likeness (QED) is 0.0671. The number of aryl methyl sites for hydroxylation is 1. The van der Waals surface area contributed by atoms with Crippen LogP contribution in [-0.4, -0.2) is 114 Å². The van der Waals surface area contributed by atoms with Crippen molar-refractivity contribution < 1.29 is 49.1 Å². The molecule has 57 heavy (non-hydrogen) atoms. The Morgan fingerprint density at radius 3 is 2.33 bits per heavy atom. The molecule has 304 valence electrons. The minimum absolute atomic E-state index is 0.0634. The summed E-state index contributed by atoms with van der Waals surface area (Å²) in [5.41, 5.74) is 17.4. The van der Waals surface area contributed by atoms with Crippen molar-refractivity contribution >= 4 is 45.3 Å². The molecule has 5 aromatic rings. The number of carbonyl (C=O) groups excluding carboxylic acids is 1. The number of carboxylic acid groups (broad SMARTS) is 1. The number of hydrogen-bond donors (Lipinski definition) is 8. The van der Waals surface area contributed by atoms with Gasteiger partial charge in [0, 0.05) is 42.4 Å². The second kappa shape index (κ2) is 17.5. The van der Waals surface area contributed by atoms with Crippen molar-refractivity contribution in [1.82, 2.24) is 14.5 Å². The third kappa shape index (κ3) is 9.34. The molecule has 16 heteroatoms. The highest BCUT2D eigenvalue weighted by Crippen LogP contribution is 2.33. The van der Waals surface area contributed by atoms with Gasteiger partial charge in [0.2, 0.25) is 12.2 Å². The van der Waals surface area contributed by atoms with Crippen LogP contribution in [0.15, 0.2) is 60.7 Å². The van der Waals surface area contributed by atoms with Crippen LogP contribution >= 0.6 is 0 Å². The maximum absolute atomic E-state index is 12.6. The van der Waals surface area contributed by atoms with Gasteiger partial charge in [0.1, 0.15) is 54.6 Å².